The fraction of sp³-hybridized carbons (Fsp3) is 0.0938. The molecule has 8 nitrogen and oxygen atoms in total. The molecule has 4 aromatic rings. The number of carbonyl (C=O) groups excluding carboxylic acids is 2. The van der Waals surface area contributed by atoms with Crippen molar-refractivity contribution in [1.29, 1.82) is 0 Å². The van der Waals surface area contributed by atoms with Crippen LogP contribution in [0.5, 0.6) is 17.2 Å². The van der Waals surface area contributed by atoms with E-state index in [9.17, 15) is 9.59 Å². The van der Waals surface area contributed by atoms with Crippen LogP contribution in [0.3, 0.4) is 0 Å². The van der Waals surface area contributed by atoms with Crippen LogP contribution in [0.2, 0.25) is 0 Å². The monoisotopic (exact) mass is 565 g/mol. The SMILES string of the molecule is COc1ccccc1N=C1NC(=O)/C(=C/c2ccc(OCC(=O)N(c3ccccc3)c3ccccc3)c(OC)c2)S1. The average Bonchev–Trinajstić information content (AvgIpc) is 3.35. The van der Waals surface area contributed by atoms with Gasteiger partial charge in [0.25, 0.3) is 11.8 Å². The van der Waals surface area contributed by atoms with Gasteiger partial charge in [-0.05, 0) is 71.9 Å². The van der Waals surface area contributed by atoms with E-state index >= 15 is 0 Å². The number of carbonyl (C=O) groups is 2. The van der Waals surface area contributed by atoms with E-state index in [1.165, 1.54) is 18.9 Å². The summed E-state index contributed by atoms with van der Waals surface area (Å²) in [5.74, 6) is 0.962. The number of ether oxygens (including phenoxy) is 3. The summed E-state index contributed by atoms with van der Waals surface area (Å²) < 4.78 is 16.8. The zero-order valence-electron chi connectivity index (χ0n) is 22.4. The Bertz CT molecular complexity index is 1570. The van der Waals surface area contributed by atoms with Crippen LogP contribution in [-0.2, 0) is 9.59 Å². The van der Waals surface area contributed by atoms with E-state index in [0.29, 0.717) is 33.0 Å². The predicted molar refractivity (Wildman–Crippen MR) is 162 cm³/mol. The summed E-state index contributed by atoms with van der Waals surface area (Å²) in [5.41, 5.74) is 2.83. The first-order chi connectivity index (χ1) is 20.1. The zero-order valence-corrected chi connectivity index (χ0v) is 23.3. The van der Waals surface area contributed by atoms with Crippen LogP contribution in [0, 0.1) is 0 Å². The molecule has 0 radical (unpaired) electrons. The van der Waals surface area contributed by atoms with Gasteiger partial charge in [0.2, 0.25) is 0 Å². The van der Waals surface area contributed by atoms with Crippen LogP contribution < -0.4 is 24.4 Å². The Balaban J connectivity index is 1.31. The number of hydrogen-bond acceptors (Lipinski definition) is 7. The molecule has 5 rings (SSSR count). The maximum absolute atomic E-state index is 13.3. The Hall–Kier alpha value is -5.02. The third-order valence-electron chi connectivity index (χ3n) is 6.07. The molecule has 0 atom stereocenters. The highest BCUT2D eigenvalue weighted by atomic mass is 32.2. The van der Waals surface area contributed by atoms with Crippen LogP contribution in [0.15, 0.2) is 113 Å². The molecule has 41 heavy (non-hydrogen) atoms. The van der Waals surface area contributed by atoms with Gasteiger partial charge in [0.05, 0.1) is 19.1 Å². The van der Waals surface area contributed by atoms with Gasteiger partial charge in [0.1, 0.15) is 11.4 Å². The van der Waals surface area contributed by atoms with Gasteiger partial charge < -0.3 is 19.5 Å². The van der Waals surface area contributed by atoms with Gasteiger partial charge in [-0.1, -0.05) is 54.6 Å². The van der Waals surface area contributed by atoms with Gasteiger partial charge in [-0.25, -0.2) is 4.99 Å². The molecule has 0 spiro atoms. The van der Waals surface area contributed by atoms with Crippen LogP contribution in [0.1, 0.15) is 5.56 Å². The third kappa shape index (κ3) is 6.59. The largest absolute Gasteiger partial charge is 0.494 e. The van der Waals surface area contributed by atoms with E-state index < -0.39 is 0 Å². The summed E-state index contributed by atoms with van der Waals surface area (Å²) in [6.07, 6.45) is 1.74. The number of para-hydroxylation sites is 4. The van der Waals surface area contributed by atoms with E-state index in [1.807, 2.05) is 84.9 Å². The smallest absolute Gasteiger partial charge is 0.269 e. The minimum atomic E-state index is -0.254. The number of nitrogens with one attached hydrogen (secondary N) is 1. The molecule has 0 unspecified atom stereocenters. The van der Waals surface area contributed by atoms with E-state index in [-0.39, 0.29) is 18.4 Å². The quantitative estimate of drug-likeness (QED) is 0.238. The standard InChI is InChI=1S/C32H27N3O5S/c1-38-26-16-10-9-15-25(26)33-32-34-31(37)29(41-32)20-22-17-18-27(28(19-22)39-2)40-21-30(36)35(23-11-5-3-6-12-23)24-13-7-4-8-14-24/h3-20H,21H2,1-2H3,(H,33,34,37)/b29-20-. The molecule has 9 heteroatoms. The first-order valence-electron chi connectivity index (χ1n) is 12.7. The maximum atomic E-state index is 13.3. The lowest BCUT2D eigenvalue weighted by Crippen LogP contribution is -2.30. The average molecular weight is 566 g/mol. The highest BCUT2D eigenvalue weighted by molar-refractivity contribution is 8.18. The van der Waals surface area contributed by atoms with Gasteiger partial charge in [-0.3, -0.25) is 14.5 Å². The number of aliphatic imine (C=N–C) groups is 1. The highest BCUT2D eigenvalue weighted by Crippen LogP contribution is 2.34. The molecule has 1 aliphatic rings. The Morgan fingerprint density at radius 1 is 0.829 bits per heavy atom. The Morgan fingerprint density at radius 2 is 1.46 bits per heavy atom. The summed E-state index contributed by atoms with van der Waals surface area (Å²) in [6.45, 7) is -0.207. The molecule has 0 saturated carbocycles. The van der Waals surface area contributed by atoms with E-state index in [0.717, 1.165) is 16.9 Å². The second-order valence-electron chi connectivity index (χ2n) is 8.75. The summed E-state index contributed by atoms with van der Waals surface area (Å²) in [5, 5.41) is 3.24. The number of amidine groups is 1. The molecule has 0 aromatic heterocycles. The lowest BCUT2D eigenvalue weighted by atomic mass is 10.2. The number of methoxy groups -OCH3 is 2. The summed E-state index contributed by atoms with van der Waals surface area (Å²) >= 11 is 1.23. The maximum Gasteiger partial charge on any atom is 0.269 e. The summed E-state index contributed by atoms with van der Waals surface area (Å²) in [7, 11) is 3.10. The molecular weight excluding hydrogens is 538 g/mol. The summed E-state index contributed by atoms with van der Waals surface area (Å²) in [4.78, 5) is 32.6. The highest BCUT2D eigenvalue weighted by Gasteiger charge is 2.25. The van der Waals surface area contributed by atoms with Gasteiger partial charge in [0, 0.05) is 11.4 Å². The Morgan fingerprint density at radius 3 is 2.12 bits per heavy atom. The van der Waals surface area contributed by atoms with Crippen molar-refractivity contribution in [2.75, 3.05) is 25.7 Å². The molecule has 0 bridgehead atoms. The number of amides is 2. The van der Waals surface area contributed by atoms with Gasteiger partial charge >= 0.3 is 0 Å². The predicted octanol–water partition coefficient (Wildman–Crippen LogP) is 6.34. The Labute approximate surface area is 242 Å². The zero-order chi connectivity index (χ0) is 28.6. The minimum absolute atomic E-state index is 0.207. The fourth-order valence-corrected chi connectivity index (χ4v) is 4.99. The molecule has 0 aliphatic carbocycles. The van der Waals surface area contributed by atoms with Gasteiger partial charge in [-0.15, -0.1) is 0 Å². The molecule has 206 valence electrons. The number of rotatable bonds is 9. The van der Waals surface area contributed by atoms with Crippen molar-refractivity contribution >= 4 is 51.9 Å². The molecule has 1 fully saturated rings. The van der Waals surface area contributed by atoms with Crippen molar-refractivity contribution in [2.45, 2.75) is 0 Å². The first-order valence-corrected chi connectivity index (χ1v) is 13.5. The van der Waals surface area contributed by atoms with Gasteiger partial charge in [0.15, 0.2) is 23.3 Å². The lowest BCUT2D eigenvalue weighted by Gasteiger charge is -2.23. The Kier molecular flexibility index (Phi) is 8.66. The molecule has 4 aromatic carbocycles. The van der Waals surface area contributed by atoms with Crippen molar-refractivity contribution < 1.29 is 23.8 Å². The van der Waals surface area contributed by atoms with Crippen molar-refractivity contribution in [2.24, 2.45) is 4.99 Å². The van der Waals surface area contributed by atoms with Crippen LogP contribution in [-0.4, -0.2) is 37.8 Å². The summed E-state index contributed by atoms with van der Waals surface area (Å²) in [6, 6.07) is 31.4. The van der Waals surface area contributed by atoms with Crippen molar-refractivity contribution in [1.82, 2.24) is 5.32 Å². The normalized spacial score (nSPS) is 14.5. The molecule has 2 amide bonds. The number of benzene rings is 4. The number of hydrogen-bond donors (Lipinski definition) is 1. The second-order valence-corrected chi connectivity index (χ2v) is 9.78. The third-order valence-corrected chi connectivity index (χ3v) is 6.98. The number of anilines is 2. The van der Waals surface area contributed by atoms with E-state index in [2.05, 4.69) is 10.3 Å². The van der Waals surface area contributed by atoms with Gasteiger partial charge in [-0.2, -0.15) is 0 Å². The van der Waals surface area contributed by atoms with Crippen molar-refractivity contribution in [3.8, 4) is 17.2 Å². The van der Waals surface area contributed by atoms with Crippen LogP contribution in [0.4, 0.5) is 17.1 Å². The molecule has 1 aliphatic heterocycles. The topological polar surface area (TPSA) is 89.5 Å². The number of nitrogens with zero attached hydrogens (tertiary/aromatic N) is 2. The number of thioether (sulfide) groups is 1. The molecular formula is C32H27N3O5S. The minimum Gasteiger partial charge on any atom is -0.494 e. The van der Waals surface area contributed by atoms with E-state index in [4.69, 9.17) is 14.2 Å². The molecule has 1 N–H and O–H groups in total. The van der Waals surface area contributed by atoms with Crippen LogP contribution >= 0.6 is 11.8 Å². The van der Waals surface area contributed by atoms with Crippen molar-refractivity contribution in [3.63, 3.8) is 0 Å². The van der Waals surface area contributed by atoms with Crippen LogP contribution in [0.25, 0.3) is 6.08 Å². The van der Waals surface area contributed by atoms with Crippen molar-refractivity contribution in [3.05, 3.63) is 114 Å². The van der Waals surface area contributed by atoms with E-state index in [1.54, 1.807) is 36.3 Å². The lowest BCUT2D eigenvalue weighted by molar-refractivity contribution is -0.120. The first kappa shape index (κ1) is 27.5. The second kappa shape index (κ2) is 12.9. The fourth-order valence-electron chi connectivity index (χ4n) is 4.15. The molecule has 1 heterocycles. The molecule has 1 saturated heterocycles.